The second-order valence-corrected chi connectivity index (χ2v) is 6.34. The first-order chi connectivity index (χ1) is 11.2. The largest absolute Gasteiger partial charge is 0.356 e. The minimum atomic E-state index is 0.0463. The summed E-state index contributed by atoms with van der Waals surface area (Å²) in [6.45, 7) is 2.97. The predicted molar refractivity (Wildman–Crippen MR) is 93.4 cm³/mol. The fourth-order valence-electron chi connectivity index (χ4n) is 3.11. The molecule has 1 aromatic rings. The lowest BCUT2D eigenvalue weighted by Gasteiger charge is -2.25. The summed E-state index contributed by atoms with van der Waals surface area (Å²) in [5.41, 5.74) is 2.05. The van der Waals surface area contributed by atoms with Gasteiger partial charge < -0.3 is 10.6 Å². The number of unbranched alkanes of at least 4 members (excludes halogenated alkanes) is 4. The van der Waals surface area contributed by atoms with Crippen LogP contribution in [0.25, 0.3) is 0 Å². The zero-order valence-corrected chi connectivity index (χ0v) is 14.1. The predicted octanol–water partition coefficient (Wildman–Crippen LogP) is 3.98. The van der Waals surface area contributed by atoms with Crippen LogP contribution in [-0.2, 0) is 9.59 Å². The summed E-state index contributed by atoms with van der Waals surface area (Å²) in [5.74, 6) is 0.296. The average Bonchev–Trinajstić information content (AvgIpc) is 2.55. The Morgan fingerprint density at radius 1 is 1.22 bits per heavy atom. The SMILES string of the molecule is CCCCCCCNC(=O)CC[C@H]1CC(=O)Nc2ccccc21. The van der Waals surface area contributed by atoms with Crippen molar-refractivity contribution < 1.29 is 9.59 Å². The molecule has 0 saturated carbocycles. The molecule has 0 saturated heterocycles. The highest BCUT2D eigenvalue weighted by Gasteiger charge is 2.24. The van der Waals surface area contributed by atoms with Crippen molar-refractivity contribution in [3.05, 3.63) is 29.8 Å². The van der Waals surface area contributed by atoms with Gasteiger partial charge in [-0.2, -0.15) is 0 Å². The highest BCUT2D eigenvalue weighted by molar-refractivity contribution is 5.94. The van der Waals surface area contributed by atoms with Gasteiger partial charge in [0.05, 0.1) is 0 Å². The molecule has 1 atom stereocenters. The van der Waals surface area contributed by atoms with Crippen molar-refractivity contribution in [1.82, 2.24) is 5.32 Å². The van der Waals surface area contributed by atoms with Crippen molar-refractivity contribution in [1.29, 1.82) is 0 Å². The molecule has 1 heterocycles. The summed E-state index contributed by atoms with van der Waals surface area (Å²) in [5, 5.41) is 5.89. The molecule has 0 spiro atoms. The van der Waals surface area contributed by atoms with Crippen LogP contribution in [0.2, 0.25) is 0 Å². The lowest BCUT2D eigenvalue weighted by atomic mass is 9.87. The lowest BCUT2D eigenvalue weighted by Crippen LogP contribution is -2.27. The maximum Gasteiger partial charge on any atom is 0.224 e. The number of benzene rings is 1. The van der Waals surface area contributed by atoms with Gasteiger partial charge in [0.1, 0.15) is 0 Å². The minimum Gasteiger partial charge on any atom is -0.356 e. The standard InChI is InChI=1S/C19H28N2O2/c1-2-3-4-5-8-13-20-18(22)12-11-15-14-19(23)21-17-10-7-6-9-16(15)17/h6-7,9-10,15H,2-5,8,11-14H2,1H3,(H,20,22)(H,21,23)/t15-/m0/s1. The normalized spacial score (nSPS) is 16.6. The first-order valence-corrected chi connectivity index (χ1v) is 8.86. The van der Waals surface area contributed by atoms with Gasteiger partial charge in [-0.25, -0.2) is 0 Å². The first-order valence-electron chi connectivity index (χ1n) is 8.86. The van der Waals surface area contributed by atoms with E-state index >= 15 is 0 Å². The van der Waals surface area contributed by atoms with Crippen LogP contribution in [0.1, 0.15) is 69.8 Å². The summed E-state index contributed by atoms with van der Waals surface area (Å²) in [6.07, 6.45) is 7.69. The van der Waals surface area contributed by atoms with Crippen molar-refractivity contribution >= 4 is 17.5 Å². The van der Waals surface area contributed by atoms with E-state index in [9.17, 15) is 9.59 Å². The Kier molecular flexibility index (Phi) is 7.11. The number of hydrogen-bond acceptors (Lipinski definition) is 2. The molecule has 1 aliphatic heterocycles. The maximum absolute atomic E-state index is 12.0. The van der Waals surface area contributed by atoms with Gasteiger partial charge >= 0.3 is 0 Å². The van der Waals surface area contributed by atoms with Gasteiger partial charge in [-0.1, -0.05) is 50.8 Å². The van der Waals surface area contributed by atoms with Gasteiger partial charge in [0.25, 0.3) is 0 Å². The summed E-state index contributed by atoms with van der Waals surface area (Å²) >= 11 is 0. The number of fused-ring (bicyclic) bond motifs is 1. The van der Waals surface area contributed by atoms with E-state index in [1.54, 1.807) is 0 Å². The molecule has 0 bridgehead atoms. The molecule has 1 aliphatic rings. The summed E-state index contributed by atoms with van der Waals surface area (Å²) in [7, 11) is 0. The molecule has 0 aromatic heterocycles. The van der Waals surface area contributed by atoms with Crippen LogP contribution in [0.3, 0.4) is 0 Å². The molecule has 2 N–H and O–H groups in total. The van der Waals surface area contributed by atoms with Crippen LogP contribution in [0.15, 0.2) is 24.3 Å². The van der Waals surface area contributed by atoms with Crippen molar-refractivity contribution in [2.45, 2.75) is 64.2 Å². The van der Waals surface area contributed by atoms with E-state index in [1.807, 2.05) is 24.3 Å². The van der Waals surface area contributed by atoms with Gasteiger partial charge in [-0.3, -0.25) is 9.59 Å². The second-order valence-electron chi connectivity index (χ2n) is 6.34. The molecule has 4 nitrogen and oxygen atoms in total. The zero-order chi connectivity index (χ0) is 16.5. The van der Waals surface area contributed by atoms with E-state index in [0.717, 1.165) is 30.6 Å². The van der Waals surface area contributed by atoms with E-state index < -0.39 is 0 Å². The molecule has 0 radical (unpaired) electrons. The van der Waals surface area contributed by atoms with E-state index in [4.69, 9.17) is 0 Å². The monoisotopic (exact) mass is 316 g/mol. The van der Waals surface area contributed by atoms with Crippen LogP contribution in [0.5, 0.6) is 0 Å². The molecular formula is C19H28N2O2. The van der Waals surface area contributed by atoms with Crippen LogP contribution in [0.4, 0.5) is 5.69 Å². The topological polar surface area (TPSA) is 58.2 Å². The van der Waals surface area contributed by atoms with Gasteiger partial charge in [0.15, 0.2) is 0 Å². The molecule has 0 unspecified atom stereocenters. The Hall–Kier alpha value is -1.84. The van der Waals surface area contributed by atoms with Crippen LogP contribution >= 0.6 is 0 Å². The Balaban J connectivity index is 1.71. The first kappa shape index (κ1) is 17.5. The van der Waals surface area contributed by atoms with Crippen molar-refractivity contribution in [3.63, 3.8) is 0 Å². The molecule has 4 heteroatoms. The van der Waals surface area contributed by atoms with E-state index in [1.165, 1.54) is 25.7 Å². The van der Waals surface area contributed by atoms with Gasteiger partial charge in [-0.05, 0) is 30.4 Å². The number of hydrogen-bond donors (Lipinski definition) is 2. The summed E-state index contributed by atoms with van der Waals surface area (Å²) in [6, 6.07) is 7.88. The highest BCUT2D eigenvalue weighted by Crippen LogP contribution is 2.34. The lowest BCUT2D eigenvalue weighted by molar-refractivity contribution is -0.122. The van der Waals surface area contributed by atoms with Gasteiger partial charge in [0, 0.05) is 25.1 Å². The number of amides is 2. The third-order valence-electron chi connectivity index (χ3n) is 4.43. The molecular weight excluding hydrogens is 288 g/mol. The fraction of sp³-hybridized carbons (Fsp3) is 0.579. The summed E-state index contributed by atoms with van der Waals surface area (Å²) in [4.78, 5) is 23.7. The van der Waals surface area contributed by atoms with Crippen LogP contribution in [-0.4, -0.2) is 18.4 Å². The molecule has 2 rings (SSSR count). The Labute approximate surface area is 139 Å². The number of para-hydroxylation sites is 1. The molecule has 2 amide bonds. The fourth-order valence-corrected chi connectivity index (χ4v) is 3.11. The van der Waals surface area contributed by atoms with E-state index in [2.05, 4.69) is 17.6 Å². The van der Waals surface area contributed by atoms with E-state index in [0.29, 0.717) is 12.8 Å². The van der Waals surface area contributed by atoms with Gasteiger partial charge in [-0.15, -0.1) is 0 Å². The second kappa shape index (κ2) is 9.33. The van der Waals surface area contributed by atoms with Crippen molar-refractivity contribution in [3.8, 4) is 0 Å². The quantitative estimate of drug-likeness (QED) is 0.677. The highest BCUT2D eigenvalue weighted by atomic mass is 16.2. The number of rotatable bonds is 9. The average molecular weight is 316 g/mol. The molecule has 1 aromatic carbocycles. The maximum atomic E-state index is 12.0. The Bertz CT molecular complexity index is 528. The van der Waals surface area contributed by atoms with Crippen LogP contribution in [0, 0.1) is 0 Å². The number of nitrogens with one attached hydrogen (secondary N) is 2. The molecule has 23 heavy (non-hydrogen) atoms. The number of anilines is 1. The third-order valence-corrected chi connectivity index (χ3v) is 4.43. The van der Waals surface area contributed by atoms with Crippen molar-refractivity contribution in [2.75, 3.05) is 11.9 Å². The Morgan fingerprint density at radius 2 is 2.00 bits per heavy atom. The number of carbonyl (C=O) groups excluding carboxylic acids is 2. The molecule has 126 valence electrons. The van der Waals surface area contributed by atoms with Gasteiger partial charge in [0.2, 0.25) is 11.8 Å². The Morgan fingerprint density at radius 3 is 2.83 bits per heavy atom. The van der Waals surface area contributed by atoms with E-state index in [-0.39, 0.29) is 17.7 Å². The summed E-state index contributed by atoms with van der Waals surface area (Å²) < 4.78 is 0. The molecule has 0 fully saturated rings. The molecule has 0 aliphatic carbocycles. The zero-order valence-electron chi connectivity index (χ0n) is 14.1. The van der Waals surface area contributed by atoms with Crippen LogP contribution < -0.4 is 10.6 Å². The minimum absolute atomic E-state index is 0.0463. The smallest absolute Gasteiger partial charge is 0.224 e. The van der Waals surface area contributed by atoms with Crippen molar-refractivity contribution in [2.24, 2.45) is 0 Å². The number of carbonyl (C=O) groups is 2. The third kappa shape index (κ3) is 5.70.